The van der Waals surface area contributed by atoms with E-state index in [1.54, 1.807) is 6.92 Å². The minimum Gasteiger partial charge on any atom is -0.392 e. The van der Waals surface area contributed by atoms with Crippen LogP contribution in [0.3, 0.4) is 0 Å². The Morgan fingerprint density at radius 3 is 2.20 bits per heavy atom. The summed E-state index contributed by atoms with van der Waals surface area (Å²) < 4.78 is 0. The van der Waals surface area contributed by atoms with E-state index >= 15 is 0 Å². The lowest BCUT2D eigenvalue weighted by Crippen LogP contribution is -2.16. The minimum absolute atomic E-state index is 0.274. The van der Waals surface area contributed by atoms with Gasteiger partial charge in [-0.15, -0.1) is 11.5 Å². The third-order valence-corrected chi connectivity index (χ3v) is 1.79. The second kappa shape index (κ2) is 3.80. The van der Waals surface area contributed by atoms with Crippen molar-refractivity contribution in [1.82, 2.24) is 0 Å². The van der Waals surface area contributed by atoms with Crippen molar-refractivity contribution in [1.29, 1.82) is 0 Å². The van der Waals surface area contributed by atoms with Crippen LogP contribution in [0.25, 0.3) is 0 Å². The van der Waals surface area contributed by atoms with E-state index in [0.717, 1.165) is 0 Å². The van der Waals surface area contributed by atoms with Gasteiger partial charge in [0.25, 0.3) is 0 Å². The maximum Gasteiger partial charge on any atom is 0.129 e. The van der Waals surface area contributed by atoms with Crippen LogP contribution in [0.15, 0.2) is 0 Å². The first-order chi connectivity index (χ1) is 4.42. The molecule has 10 heavy (non-hydrogen) atoms. The fourth-order valence-corrected chi connectivity index (χ4v) is 1.10. The standard InChI is InChI=1S/C8H16OSi/c1-8(9)6-5-7-10(2,3)4/h8-9H,6H2,1-4H3/t8-/m1/s1. The minimum atomic E-state index is -1.20. The summed E-state index contributed by atoms with van der Waals surface area (Å²) >= 11 is 0. The molecule has 58 valence electrons. The van der Waals surface area contributed by atoms with E-state index < -0.39 is 8.07 Å². The third kappa shape index (κ3) is 7.74. The molecule has 0 aliphatic rings. The molecule has 0 aromatic heterocycles. The van der Waals surface area contributed by atoms with Crippen molar-refractivity contribution in [2.45, 2.75) is 39.1 Å². The van der Waals surface area contributed by atoms with Gasteiger partial charge in [0.1, 0.15) is 8.07 Å². The first-order valence-electron chi connectivity index (χ1n) is 3.60. The molecule has 0 rings (SSSR count). The lowest BCUT2D eigenvalue weighted by Gasteiger charge is -2.03. The van der Waals surface area contributed by atoms with E-state index in [4.69, 9.17) is 5.11 Å². The summed E-state index contributed by atoms with van der Waals surface area (Å²) in [5.74, 6) is 2.99. The summed E-state index contributed by atoms with van der Waals surface area (Å²) in [6.45, 7) is 8.35. The predicted octanol–water partition coefficient (Wildman–Crippen LogP) is 1.64. The van der Waals surface area contributed by atoms with Crippen molar-refractivity contribution in [3.05, 3.63) is 0 Å². The Hall–Kier alpha value is -0.263. The molecule has 0 aromatic rings. The lowest BCUT2D eigenvalue weighted by atomic mass is 10.3. The molecule has 0 unspecified atom stereocenters. The van der Waals surface area contributed by atoms with E-state index in [9.17, 15) is 0 Å². The van der Waals surface area contributed by atoms with Crippen molar-refractivity contribution in [3.8, 4) is 11.5 Å². The molecule has 0 heterocycles. The van der Waals surface area contributed by atoms with Crippen LogP contribution in [0.1, 0.15) is 13.3 Å². The van der Waals surface area contributed by atoms with Gasteiger partial charge in [0, 0.05) is 6.42 Å². The van der Waals surface area contributed by atoms with Crippen molar-refractivity contribution >= 4 is 8.07 Å². The van der Waals surface area contributed by atoms with Crippen molar-refractivity contribution in [2.75, 3.05) is 0 Å². The lowest BCUT2D eigenvalue weighted by molar-refractivity contribution is 0.201. The highest BCUT2D eigenvalue weighted by Crippen LogP contribution is 1.97. The molecule has 0 saturated heterocycles. The molecule has 1 N–H and O–H groups in total. The summed E-state index contributed by atoms with van der Waals surface area (Å²) in [6, 6.07) is 0. The van der Waals surface area contributed by atoms with E-state index in [2.05, 4.69) is 31.1 Å². The quantitative estimate of drug-likeness (QED) is 0.452. The molecule has 1 nitrogen and oxygen atoms in total. The summed E-state index contributed by atoms with van der Waals surface area (Å²) in [6.07, 6.45) is 0.341. The Morgan fingerprint density at radius 2 is 1.90 bits per heavy atom. The highest BCUT2D eigenvalue weighted by atomic mass is 28.3. The van der Waals surface area contributed by atoms with Gasteiger partial charge in [-0.25, -0.2) is 0 Å². The van der Waals surface area contributed by atoms with Gasteiger partial charge in [0.2, 0.25) is 0 Å². The van der Waals surface area contributed by atoms with Gasteiger partial charge in [0.15, 0.2) is 0 Å². The van der Waals surface area contributed by atoms with Crippen LogP contribution in [0.2, 0.25) is 19.6 Å². The van der Waals surface area contributed by atoms with Crippen LogP contribution >= 0.6 is 0 Å². The molecule has 0 spiro atoms. The van der Waals surface area contributed by atoms with E-state index in [1.807, 2.05) is 0 Å². The van der Waals surface area contributed by atoms with Gasteiger partial charge < -0.3 is 5.11 Å². The van der Waals surface area contributed by atoms with Crippen LogP contribution in [0.4, 0.5) is 0 Å². The molecular weight excluding hydrogens is 140 g/mol. The van der Waals surface area contributed by atoms with Gasteiger partial charge in [-0.05, 0) is 6.92 Å². The Labute approximate surface area is 64.5 Å². The van der Waals surface area contributed by atoms with E-state index in [-0.39, 0.29) is 6.10 Å². The normalized spacial score (nSPS) is 13.7. The Bertz CT molecular complexity index is 145. The molecule has 0 amide bonds. The molecule has 0 aliphatic heterocycles. The first-order valence-corrected chi connectivity index (χ1v) is 7.10. The molecule has 1 atom stereocenters. The fraction of sp³-hybridized carbons (Fsp3) is 0.750. The number of aliphatic hydroxyl groups is 1. The van der Waals surface area contributed by atoms with Crippen molar-refractivity contribution in [2.24, 2.45) is 0 Å². The second-order valence-corrected chi connectivity index (χ2v) is 8.35. The molecule has 0 aromatic carbocycles. The maximum absolute atomic E-state index is 8.86. The zero-order valence-corrected chi connectivity index (χ0v) is 8.23. The predicted molar refractivity (Wildman–Crippen MR) is 47.4 cm³/mol. The molecule has 0 bridgehead atoms. The molecule has 2 heteroatoms. The number of hydrogen-bond acceptors (Lipinski definition) is 1. The number of aliphatic hydroxyl groups excluding tert-OH is 1. The number of rotatable bonds is 1. The largest absolute Gasteiger partial charge is 0.392 e. The first kappa shape index (κ1) is 9.74. The van der Waals surface area contributed by atoms with Crippen molar-refractivity contribution < 1.29 is 5.11 Å². The zero-order valence-electron chi connectivity index (χ0n) is 7.23. The highest BCUT2D eigenvalue weighted by molar-refractivity contribution is 6.83. The SMILES string of the molecule is C[C@@H](O)CC#C[Si](C)(C)C. The average Bonchev–Trinajstić information content (AvgIpc) is 1.59. The number of hydrogen-bond donors (Lipinski definition) is 1. The highest BCUT2D eigenvalue weighted by Gasteiger charge is 2.06. The fourth-order valence-electron chi connectivity index (χ4n) is 0.464. The molecule has 0 saturated carbocycles. The summed E-state index contributed by atoms with van der Waals surface area (Å²) in [5.41, 5.74) is 3.18. The van der Waals surface area contributed by atoms with Gasteiger partial charge in [-0.1, -0.05) is 19.6 Å². The van der Waals surface area contributed by atoms with Crippen LogP contribution in [-0.4, -0.2) is 19.3 Å². The van der Waals surface area contributed by atoms with Crippen LogP contribution in [0.5, 0.6) is 0 Å². The summed E-state index contributed by atoms with van der Waals surface area (Å²) in [7, 11) is -1.20. The van der Waals surface area contributed by atoms with E-state index in [1.165, 1.54) is 0 Å². The molecule has 0 aliphatic carbocycles. The molecule has 0 fully saturated rings. The Kier molecular flexibility index (Phi) is 3.70. The smallest absolute Gasteiger partial charge is 0.129 e. The van der Waals surface area contributed by atoms with Crippen molar-refractivity contribution in [3.63, 3.8) is 0 Å². The second-order valence-electron chi connectivity index (χ2n) is 3.60. The topological polar surface area (TPSA) is 20.2 Å². The van der Waals surface area contributed by atoms with Gasteiger partial charge in [-0.2, -0.15) is 0 Å². The monoisotopic (exact) mass is 156 g/mol. The molecule has 0 radical (unpaired) electrons. The summed E-state index contributed by atoms with van der Waals surface area (Å²) in [5, 5.41) is 8.86. The van der Waals surface area contributed by atoms with Gasteiger partial charge >= 0.3 is 0 Å². The zero-order chi connectivity index (χ0) is 8.20. The third-order valence-electron chi connectivity index (χ3n) is 0.861. The Morgan fingerprint density at radius 1 is 1.40 bits per heavy atom. The van der Waals surface area contributed by atoms with Gasteiger partial charge in [0.05, 0.1) is 6.10 Å². The van der Waals surface area contributed by atoms with Crippen LogP contribution < -0.4 is 0 Å². The van der Waals surface area contributed by atoms with Crippen LogP contribution in [-0.2, 0) is 0 Å². The Balaban J connectivity index is 3.71. The average molecular weight is 156 g/mol. The maximum atomic E-state index is 8.86. The van der Waals surface area contributed by atoms with E-state index in [0.29, 0.717) is 6.42 Å². The van der Waals surface area contributed by atoms with Crippen LogP contribution in [0, 0.1) is 11.5 Å². The van der Waals surface area contributed by atoms with Gasteiger partial charge in [-0.3, -0.25) is 0 Å². The summed E-state index contributed by atoms with van der Waals surface area (Å²) in [4.78, 5) is 0. The molecular formula is C8H16OSi.